The first-order chi connectivity index (χ1) is 18.9. The number of benzene rings is 2. The molecule has 0 bridgehead atoms. The van der Waals surface area contributed by atoms with Crippen LogP contribution in [0.25, 0.3) is 0 Å². The maximum absolute atomic E-state index is 13.3. The molecule has 40 heavy (non-hydrogen) atoms. The lowest BCUT2D eigenvalue weighted by Gasteiger charge is -2.23. The van der Waals surface area contributed by atoms with Gasteiger partial charge in [0.05, 0.1) is 11.1 Å². The molecule has 0 fully saturated rings. The minimum atomic E-state index is -4.19. The zero-order valence-corrected chi connectivity index (χ0v) is 23.3. The number of sulfonamides is 1. The van der Waals surface area contributed by atoms with Crippen LogP contribution in [0.3, 0.4) is 0 Å². The van der Waals surface area contributed by atoms with E-state index >= 15 is 0 Å². The minimum absolute atomic E-state index is 0.0202. The van der Waals surface area contributed by atoms with Gasteiger partial charge in [0.1, 0.15) is 23.3 Å². The summed E-state index contributed by atoms with van der Waals surface area (Å²) in [5, 5.41) is 12.9. The number of aliphatic carboxylic acids is 1. The number of primary amides is 1. The maximum atomic E-state index is 13.3. The summed E-state index contributed by atoms with van der Waals surface area (Å²) in [6.45, 7) is 8.35. The third-order valence-electron chi connectivity index (χ3n) is 6.28. The number of hydrogen-bond acceptors (Lipinski definition) is 9. The van der Waals surface area contributed by atoms with Gasteiger partial charge in [-0.25, -0.2) is 27.4 Å². The van der Waals surface area contributed by atoms with Crippen LogP contribution in [0.4, 0.5) is 26.6 Å². The summed E-state index contributed by atoms with van der Waals surface area (Å²) in [6.07, 6.45) is 0.255. The number of hydrogen-bond donors (Lipinski definition) is 4. The second-order valence-electron chi connectivity index (χ2n) is 8.80. The molecule has 0 radical (unpaired) electrons. The quantitative estimate of drug-likeness (QED) is 0.251. The van der Waals surface area contributed by atoms with Crippen LogP contribution in [0.15, 0.2) is 47.5 Å². The van der Waals surface area contributed by atoms with Crippen molar-refractivity contribution in [3.8, 4) is 5.75 Å². The van der Waals surface area contributed by atoms with Crippen LogP contribution in [0.1, 0.15) is 30.5 Å². The molecule has 1 amide bonds. The third kappa shape index (κ3) is 7.14. The van der Waals surface area contributed by atoms with Gasteiger partial charge in [-0.3, -0.25) is 4.72 Å². The fourth-order valence-corrected chi connectivity index (χ4v) is 4.96. The predicted molar refractivity (Wildman–Crippen MR) is 148 cm³/mol. The van der Waals surface area contributed by atoms with Gasteiger partial charge < -0.3 is 25.8 Å². The maximum Gasteiger partial charge on any atom is 0.409 e. The molecule has 0 aliphatic carbocycles. The number of nitrogens with zero attached hydrogens (tertiary/aromatic N) is 3. The van der Waals surface area contributed by atoms with Crippen molar-refractivity contribution >= 4 is 39.5 Å². The zero-order chi connectivity index (χ0) is 29.6. The highest BCUT2D eigenvalue weighted by Crippen LogP contribution is 2.28. The number of halogens is 1. The third-order valence-corrected chi connectivity index (χ3v) is 7.67. The molecular weight excluding hydrogens is 543 g/mol. The van der Waals surface area contributed by atoms with Crippen molar-refractivity contribution in [1.82, 2.24) is 9.97 Å². The number of carboxylic acid groups (broad SMARTS) is 1. The van der Waals surface area contributed by atoms with Crippen molar-refractivity contribution in [2.75, 3.05) is 28.0 Å². The van der Waals surface area contributed by atoms with Crippen molar-refractivity contribution in [3.63, 3.8) is 0 Å². The first-order valence-electron chi connectivity index (χ1n) is 12.3. The van der Waals surface area contributed by atoms with Crippen LogP contribution in [0.5, 0.6) is 5.75 Å². The number of aromatic nitrogens is 2. The Morgan fingerprint density at radius 2 is 1.75 bits per heavy atom. The van der Waals surface area contributed by atoms with Gasteiger partial charge in [-0.2, -0.15) is 4.98 Å². The Bertz CT molecular complexity index is 1500. The summed E-state index contributed by atoms with van der Waals surface area (Å²) in [5.74, 6) is -1.35. The van der Waals surface area contributed by atoms with Gasteiger partial charge in [0.15, 0.2) is 5.82 Å². The summed E-state index contributed by atoms with van der Waals surface area (Å²) in [7, 11) is -4.19. The average molecular weight is 575 g/mol. The summed E-state index contributed by atoms with van der Waals surface area (Å²) < 4.78 is 46.7. The fourth-order valence-electron chi connectivity index (χ4n) is 3.91. The van der Waals surface area contributed by atoms with E-state index in [2.05, 4.69) is 20.0 Å². The van der Waals surface area contributed by atoms with E-state index in [1.807, 2.05) is 18.7 Å². The normalized spacial score (nSPS) is 11.9. The van der Waals surface area contributed by atoms with Gasteiger partial charge in [-0.15, -0.1) is 0 Å². The number of nitrogens with two attached hydrogens (primary N) is 1. The van der Waals surface area contributed by atoms with Crippen molar-refractivity contribution < 1.29 is 32.2 Å². The number of carbonyl (C=O) groups is 2. The minimum Gasteiger partial charge on any atom is -0.480 e. The predicted octanol–water partition coefficient (Wildman–Crippen LogP) is 3.44. The topological polar surface area (TPSA) is 177 Å². The van der Waals surface area contributed by atoms with E-state index in [4.69, 9.17) is 10.5 Å². The molecule has 14 heteroatoms. The molecule has 1 unspecified atom stereocenters. The van der Waals surface area contributed by atoms with Crippen LogP contribution in [0.2, 0.25) is 0 Å². The zero-order valence-electron chi connectivity index (χ0n) is 22.4. The van der Waals surface area contributed by atoms with Crippen LogP contribution >= 0.6 is 0 Å². The van der Waals surface area contributed by atoms with E-state index in [1.54, 1.807) is 19.9 Å². The molecule has 1 atom stereocenters. The second-order valence-corrected chi connectivity index (χ2v) is 10.5. The molecular formula is C26H31FN6O6S. The molecule has 2 aromatic carbocycles. The lowest BCUT2D eigenvalue weighted by molar-refractivity contribution is -0.137. The first kappa shape index (κ1) is 30.1. The molecule has 0 saturated carbocycles. The summed E-state index contributed by atoms with van der Waals surface area (Å²) in [4.78, 5) is 33.8. The molecule has 1 heterocycles. The monoisotopic (exact) mass is 574 g/mol. The van der Waals surface area contributed by atoms with E-state index in [0.29, 0.717) is 29.8 Å². The standard InChI is InChI=1S/C26H31FN6O6S/c1-5-33(6-2)26-29-14-21(32-40(37,38)19-10-8-18(27)9-11-19)23(31-26)30-20(24(34)35)13-17-7-12-22(39-25(28)36)16(4)15(17)3/h7-12,14,20,32H,5-6,13H2,1-4H3,(H2,28,36)(H,34,35)(H,29,30,31). The number of ether oxygens (including phenoxy) is 1. The second kappa shape index (κ2) is 12.6. The molecule has 5 N–H and O–H groups in total. The Morgan fingerprint density at radius 3 is 2.33 bits per heavy atom. The van der Waals surface area contributed by atoms with E-state index in [1.165, 1.54) is 12.3 Å². The Hall–Kier alpha value is -4.46. The van der Waals surface area contributed by atoms with Gasteiger partial charge >= 0.3 is 12.1 Å². The van der Waals surface area contributed by atoms with Gasteiger partial charge in [-0.1, -0.05) is 6.07 Å². The van der Waals surface area contributed by atoms with E-state index in [9.17, 15) is 27.5 Å². The highest BCUT2D eigenvalue weighted by molar-refractivity contribution is 7.92. The summed E-state index contributed by atoms with van der Waals surface area (Å²) in [6, 6.07) is 6.13. The molecule has 0 aliphatic heterocycles. The van der Waals surface area contributed by atoms with E-state index < -0.39 is 33.9 Å². The Balaban J connectivity index is 2.00. The highest BCUT2D eigenvalue weighted by atomic mass is 32.2. The van der Waals surface area contributed by atoms with Crippen LogP contribution in [0, 0.1) is 19.7 Å². The molecule has 12 nitrogen and oxygen atoms in total. The van der Waals surface area contributed by atoms with Crippen LogP contribution in [-0.2, 0) is 21.2 Å². The van der Waals surface area contributed by atoms with Gasteiger partial charge in [0, 0.05) is 19.5 Å². The van der Waals surface area contributed by atoms with Gasteiger partial charge in [0.25, 0.3) is 10.0 Å². The van der Waals surface area contributed by atoms with Crippen LogP contribution in [-0.4, -0.2) is 54.7 Å². The molecule has 0 aliphatic rings. The van der Waals surface area contributed by atoms with Crippen molar-refractivity contribution in [1.29, 1.82) is 0 Å². The lowest BCUT2D eigenvalue weighted by atomic mass is 9.97. The van der Waals surface area contributed by atoms with Gasteiger partial charge in [0.2, 0.25) is 5.95 Å². The van der Waals surface area contributed by atoms with Crippen LogP contribution < -0.4 is 25.4 Å². The largest absolute Gasteiger partial charge is 0.480 e. The lowest BCUT2D eigenvalue weighted by Crippen LogP contribution is -2.33. The van der Waals surface area contributed by atoms with E-state index in [-0.39, 0.29) is 34.5 Å². The summed E-state index contributed by atoms with van der Waals surface area (Å²) >= 11 is 0. The van der Waals surface area contributed by atoms with E-state index in [0.717, 1.165) is 24.3 Å². The van der Waals surface area contributed by atoms with Crippen molar-refractivity contribution in [3.05, 3.63) is 65.1 Å². The number of carbonyl (C=O) groups excluding carboxylic acids is 1. The number of anilines is 3. The smallest absolute Gasteiger partial charge is 0.409 e. The Kier molecular flexibility index (Phi) is 9.47. The molecule has 3 rings (SSSR count). The van der Waals surface area contributed by atoms with Crippen molar-refractivity contribution in [2.45, 2.75) is 45.1 Å². The Morgan fingerprint density at radius 1 is 1.10 bits per heavy atom. The van der Waals surface area contributed by atoms with Gasteiger partial charge in [-0.05, 0) is 74.7 Å². The number of amides is 1. The Labute approximate surface area is 231 Å². The number of rotatable bonds is 12. The van der Waals surface area contributed by atoms with Crippen molar-refractivity contribution in [2.24, 2.45) is 5.73 Å². The highest BCUT2D eigenvalue weighted by Gasteiger charge is 2.25. The number of carboxylic acids is 1. The molecule has 3 aromatic rings. The average Bonchev–Trinajstić information content (AvgIpc) is 2.89. The SMILES string of the molecule is CCN(CC)c1ncc(NS(=O)(=O)c2ccc(F)cc2)c(NC(Cc2ccc(OC(N)=O)c(C)c2C)C(=O)O)n1. The first-order valence-corrected chi connectivity index (χ1v) is 13.8. The summed E-state index contributed by atoms with van der Waals surface area (Å²) in [5.41, 5.74) is 6.96. The molecule has 0 saturated heterocycles. The molecule has 214 valence electrons. The molecule has 1 aromatic heterocycles. The fraction of sp³-hybridized carbons (Fsp3) is 0.308. The molecule has 0 spiro atoms. The number of nitrogens with one attached hydrogen (secondary N) is 2.